The number of carbonyl (C=O) groups is 1. The van der Waals surface area contributed by atoms with Gasteiger partial charge in [-0.3, -0.25) is 0 Å². The Morgan fingerprint density at radius 1 is 1.36 bits per heavy atom. The van der Waals surface area contributed by atoms with Crippen LogP contribution >= 0.6 is 0 Å². The average molecular weight is 310 g/mol. The summed E-state index contributed by atoms with van der Waals surface area (Å²) in [5.41, 5.74) is -0.519. The third-order valence-corrected chi connectivity index (χ3v) is 3.35. The van der Waals surface area contributed by atoms with Crippen LogP contribution in [0.15, 0.2) is 28.9 Å². The highest BCUT2D eigenvalue weighted by Crippen LogP contribution is 2.40. The van der Waals surface area contributed by atoms with Gasteiger partial charge in [-0.05, 0) is 13.0 Å². The first-order chi connectivity index (χ1) is 10.3. The van der Waals surface area contributed by atoms with Crippen molar-refractivity contribution in [2.75, 3.05) is 0 Å². The number of aromatic carboxylic acids is 1. The molecule has 0 radical (unpaired) electrons. The Hall–Kier alpha value is -2.77. The van der Waals surface area contributed by atoms with Gasteiger partial charge in [0.15, 0.2) is 5.76 Å². The Morgan fingerprint density at radius 2 is 2.09 bits per heavy atom. The molecule has 0 amide bonds. The van der Waals surface area contributed by atoms with E-state index in [4.69, 9.17) is 9.63 Å². The van der Waals surface area contributed by atoms with Gasteiger partial charge in [0.2, 0.25) is 0 Å². The van der Waals surface area contributed by atoms with E-state index in [-0.39, 0.29) is 27.8 Å². The van der Waals surface area contributed by atoms with Crippen LogP contribution in [-0.2, 0) is 6.18 Å². The van der Waals surface area contributed by atoms with E-state index in [1.165, 1.54) is 12.1 Å². The van der Waals surface area contributed by atoms with Gasteiger partial charge in [0.05, 0.1) is 17.3 Å². The molecule has 0 aliphatic carbocycles. The van der Waals surface area contributed by atoms with Crippen molar-refractivity contribution in [3.8, 4) is 11.3 Å². The molecule has 1 aromatic carbocycles. The number of H-pyrrole nitrogens is 1. The minimum absolute atomic E-state index is 0.0735. The molecule has 0 spiro atoms. The van der Waals surface area contributed by atoms with Crippen LogP contribution in [0.3, 0.4) is 0 Å². The molecular weight excluding hydrogens is 301 g/mol. The zero-order valence-electron chi connectivity index (χ0n) is 11.2. The quantitative estimate of drug-likeness (QED) is 0.753. The van der Waals surface area contributed by atoms with Crippen LogP contribution in [0.5, 0.6) is 0 Å². The Morgan fingerprint density at radius 3 is 2.73 bits per heavy atom. The zero-order valence-corrected chi connectivity index (χ0v) is 11.2. The lowest BCUT2D eigenvalue weighted by Crippen LogP contribution is -2.05. The smallest absolute Gasteiger partial charge is 0.418 e. The van der Waals surface area contributed by atoms with Crippen LogP contribution in [0.1, 0.15) is 21.6 Å². The highest BCUT2D eigenvalue weighted by molar-refractivity contribution is 6.03. The van der Waals surface area contributed by atoms with Crippen molar-refractivity contribution in [2.24, 2.45) is 0 Å². The van der Waals surface area contributed by atoms with E-state index in [2.05, 4.69) is 10.1 Å². The van der Waals surface area contributed by atoms with Crippen LogP contribution in [0, 0.1) is 6.92 Å². The predicted molar refractivity (Wildman–Crippen MR) is 70.5 cm³/mol. The SMILES string of the molecule is Cc1[nH]c2c(C(F)(F)F)cccc2c1-c1oncc1C(=O)O. The molecule has 5 nitrogen and oxygen atoms in total. The van der Waals surface area contributed by atoms with Crippen molar-refractivity contribution < 1.29 is 27.6 Å². The average Bonchev–Trinajstić information content (AvgIpc) is 2.99. The molecule has 0 saturated carbocycles. The first kappa shape index (κ1) is 14.2. The van der Waals surface area contributed by atoms with Crippen molar-refractivity contribution in [2.45, 2.75) is 13.1 Å². The standard InChI is InChI=1S/C14H9F3N2O3/c1-6-10(12-8(13(20)21)5-18-22-12)7-3-2-4-9(11(7)19-6)14(15,16)17/h2-5,19H,1H3,(H,20,21). The van der Waals surface area contributed by atoms with E-state index < -0.39 is 17.7 Å². The van der Waals surface area contributed by atoms with Crippen LogP contribution in [0.25, 0.3) is 22.2 Å². The molecule has 0 fully saturated rings. The maximum absolute atomic E-state index is 13.1. The van der Waals surface area contributed by atoms with E-state index in [9.17, 15) is 18.0 Å². The van der Waals surface area contributed by atoms with Gasteiger partial charge in [0.25, 0.3) is 0 Å². The number of nitrogens with zero attached hydrogens (tertiary/aromatic N) is 1. The number of hydrogen-bond donors (Lipinski definition) is 2. The summed E-state index contributed by atoms with van der Waals surface area (Å²) in [6.45, 7) is 1.55. The van der Waals surface area contributed by atoms with Crippen molar-refractivity contribution >= 4 is 16.9 Å². The lowest BCUT2D eigenvalue weighted by atomic mass is 10.0. The molecule has 0 unspecified atom stereocenters. The largest absolute Gasteiger partial charge is 0.477 e. The zero-order chi connectivity index (χ0) is 16.1. The number of nitrogens with one attached hydrogen (secondary N) is 1. The number of halogens is 3. The summed E-state index contributed by atoms with van der Waals surface area (Å²) in [5, 5.41) is 12.8. The predicted octanol–water partition coefficient (Wildman–Crippen LogP) is 3.85. The third kappa shape index (κ3) is 2.03. The summed E-state index contributed by atoms with van der Waals surface area (Å²) < 4.78 is 44.1. The highest BCUT2D eigenvalue weighted by atomic mass is 19.4. The first-order valence-corrected chi connectivity index (χ1v) is 6.17. The second-order valence-electron chi connectivity index (χ2n) is 4.72. The lowest BCUT2D eigenvalue weighted by molar-refractivity contribution is -0.136. The second-order valence-corrected chi connectivity index (χ2v) is 4.72. The molecule has 3 aromatic rings. The maximum atomic E-state index is 13.1. The number of aromatic nitrogens is 2. The number of aromatic amines is 1. The van der Waals surface area contributed by atoms with Crippen molar-refractivity contribution in [1.29, 1.82) is 0 Å². The van der Waals surface area contributed by atoms with Gasteiger partial charge in [-0.1, -0.05) is 17.3 Å². The lowest BCUT2D eigenvalue weighted by Gasteiger charge is -2.07. The summed E-state index contributed by atoms with van der Waals surface area (Å²) >= 11 is 0. The number of carboxylic acids is 1. The minimum atomic E-state index is -4.52. The summed E-state index contributed by atoms with van der Waals surface area (Å²) in [4.78, 5) is 13.8. The molecule has 114 valence electrons. The second kappa shape index (κ2) is 4.62. The van der Waals surface area contributed by atoms with Gasteiger partial charge in [-0.2, -0.15) is 13.2 Å². The molecule has 8 heteroatoms. The number of aryl methyl sites for hydroxylation is 1. The Bertz CT molecular complexity index is 877. The molecular formula is C14H9F3N2O3. The molecule has 3 rings (SSSR count). The van der Waals surface area contributed by atoms with E-state index in [1.54, 1.807) is 6.92 Å². The molecule has 2 heterocycles. The van der Waals surface area contributed by atoms with E-state index in [0.717, 1.165) is 12.3 Å². The molecule has 0 aliphatic heterocycles. The van der Waals surface area contributed by atoms with E-state index in [0.29, 0.717) is 5.69 Å². The number of rotatable bonds is 2. The molecule has 0 saturated heterocycles. The Kier molecular flexibility index (Phi) is 2.98. The van der Waals surface area contributed by atoms with Crippen LogP contribution in [-0.4, -0.2) is 21.2 Å². The minimum Gasteiger partial charge on any atom is -0.477 e. The Labute approximate surface area is 121 Å². The van der Waals surface area contributed by atoms with Gasteiger partial charge in [0.1, 0.15) is 5.56 Å². The molecule has 22 heavy (non-hydrogen) atoms. The molecule has 2 aromatic heterocycles. The topological polar surface area (TPSA) is 79.1 Å². The summed E-state index contributed by atoms with van der Waals surface area (Å²) in [5.74, 6) is -1.34. The molecule has 2 N–H and O–H groups in total. The fourth-order valence-electron chi connectivity index (χ4n) is 2.45. The summed E-state index contributed by atoms with van der Waals surface area (Å²) in [6, 6.07) is 3.69. The highest BCUT2D eigenvalue weighted by Gasteiger charge is 2.34. The summed E-state index contributed by atoms with van der Waals surface area (Å²) in [6.07, 6.45) is -3.51. The van der Waals surface area contributed by atoms with Crippen molar-refractivity contribution in [1.82, 2.24) is 10.1 Å². The molecule has 0 atom stereocenters. The van der Waals surface area contributed by atoms with Gasteiger partial charge in [0, 0.05) is 16.6 Å². The molecule has 0 bridgehead atoms. The van der Waals surface area contributed by atoms with Gasteiger partial charge < -0.3 is 14.6 Å². The van der Waals surface area contributed by atoms with Gasteiger partial charge in [-0.25, -0.2) is 4.79 Å². The Balaban J connectivity index is 2.35. The van der Waals surface area contributed by atoms with Crippen LogP contribution in [0.4, 0.5) is 13.2 Å². The first-order valence-electron chi connectivity index (χ1n) is 6.17. The fourth-order valence-corrected chi connectivity index (χ4v) is 2.45. The number of benzene rings is 1. The van der Waals surface area contributed by atoms with Gasteiger partial charge >= 0.3 is 12.1 Å². The number of alkyl halides is 3. The third-order valence-electron chi connectivity index (χ3n) is 3.35. The van der Waals surface area contributed by atoms with Gasteiger partial charge in [-0.15, -0.1) is 0 Å². The van der Waals surface area contributed by atoms with Crippen LogP contribution < -0.4 is 0 Å². The van der Waals surface area contributed by atoms with E-state index >= 15 is 0 Å². The molecule has 0 aliphatic rings. The maximum Gasteiger partial charge on any atom is 0.418 e. The monoisotopic (exact) mass is 310 g/mol. The fraction of sp³-hybridized carbons (Fsp3) is 0.143. The van der Waals surface area contributed by atoms with Crippen LogP contribution in [0.2, 0.25) is 0 Å². The normalized spacial score (nSPS) is 12.0. The van der Waals surface area contributed by atoms with Crippen molar-refractivity contribution in [3.63, 3.8) is 0 Å². The number of hydrogen-bond acceptors (Lipinski definition) is 3. The van der Waals surface area contributed by atoms with Crippen molar-refractivity contribution in [3.05, 3.63) is 41.2 Å². The number of fused-ring (bicyclic) bond motifs is 1. The number of carboxylic acid groups (broad SMARTS) is 1. The van der Waals surface area contributed by atoms with E-state index in [1.807, 2.05) is 0 Å². The number of para-hydroxylation sites is 1. The summed E-state index contributed by atoms with van der Waals surface area (Å²) in [7, 11) is 0.